The normalized spacial score (nSPS) is 12.2. The van der Waals surface area contributed by atoms with Gasteiger partial charge in [0.1, 0.15) is 0 Å². The number of rotatable bonds is 6. The van der Waals surface area contributed by atoms with Gasteiger partial charge in [-0.15, -0.1) is 5.10 Å². The Bertz CT molecular complexity index is 695. The highest BCUT2D eigenvalue weighted by Crippen LogP contribution is 2.14. The van der Waals surface area contributed by atoms with E-state index in [9.17, 15) is 5.11 Å². The lowest BCUT2D eigenvalue weighted by molar-refractivity contribution is 0.150. The molecule has 0 aliphatic rings. The van der Waals surface area contributed by atoms with Crippen molar-refractivity contribution >= 4 is 0 Å². The number of aliphatic hydroxyl groups is 1. The standard InChI is InChI=1S/C18H19N3O/c22-18(16-9-5-2-6-10-16)14-21-13-17(19-20-21)12-11-15-7-3-1-4-8-15/h1-10,13,18,22H,11-12,14H2. The average molecular weight is 293 g/mol. The van der Waals surface area contributed by atoms with E-state index in [4.69, 9.17) is 0 Å². The van der Waals surface area contributed by atoms with Crippen LogP contribution in [0.2, 0.25) is 0 Å². The van der Waals surface area contributed by atoms with E-state index in [1.54, 1.807) is 4.68 Å². The minimum Gasteiger partial charge on any atom is -0.386 e. The van der Waals surface area contributed by atoms with Crippen LogP contribution < -0.4 is 0 Å². The van der Waals surface area contributed by atoms with Crippen LogP contribution in [0.25, 0.3) is 0 Å². The Hall–Kier alpha value is -2.46. The van der Waals surface area contributed by atoms with Crippen molar-refractivity contribution in [3.8, 4) is 0 Å². The Kier molecular flexibility index (Phi) is 4.61. The first-order chi connectivity index (χ1) is 10.8. The van der Waals surface area contributed by atoms with Gasteiger partial charge in [0, 0.05) is 6.20 Å². The van der Waals surface area contributed by atoms with Crippen LogP contribution >= 0.6 is 0 Å². The summed E-state index contributed by atoms with van der Waals surface area (Å²) in [5.74, 6) is 0. The number of hydrogen-bond donors (Lipinski definition) is 1. The third-order valence-electron chi connectivity index (χ3n) is 3.64. The van der Waals surface area contributed by atoms with Crippen LogP contribution in [0, 0.1) is 0 Å². The Morgan fingerprint density at radius 1 is 0.909 bits per heavy atom. The van der Waals surface area contributed by atoms with Crippen LogP contribution in [0.1, 0.15) is 22.9 Å². The molecule has 0 bridgehead atoms. The molecule has 0 radical (unpaired) electrons. The van der Waals surface area contributed by atoms with Crippen molar-refractivity contribution in [3.05, 3.63) is 83.7 Å². The lowest BCUT2D eigenvalue weighted by atomic mass is 10.1. The van der Waals surface area contributed by atoms with Gasteiger partial charge in [-0.1, -0.05) is 65.9 Å². The van der Waals surface area contributed by atoms with Crippen molar-refractivity contribution in [2.45, 2.75) is 25.5 Å². The zero-order valence-electron chi connectivity index (χ0n) is 12.3. The van der Waals surface area contributed by atoms with Gasteiger partial charge in [0.25, 0.3) is 0 Å². The van der Waals surface area contributed by atoms with Crippen molar-refractivity contribution in [1.82, 2.24) is 15.0 Å². The van der Waals surface area contributed by atoms with E-state index in [2.05, 4.69) is 22.4 Å². The highest BCUT2D eigenvalue weighted by molar-refractivity contribution is 5.17. The number of nitrogens with zero attached hydrogens (tertiary/aromatic N) is 3. The average Bonchev–Trinajstić information content (AvgIpc) is 3.02. The molecule has 0 fully saturated rings. The fourth-order valence-corrected chi connectivity index (χ4v) is 2.42. The van der Waals surface area contributed by atoms with Gasteiger partial charge in [0.05, 0.1) is 18.3 Å². The van der Waals surface area contributed by atoms with E-state index < -0.39 is 6.10 Å². The smallest absolute Gasteiger partial charge is 0.0986 e. The summed E-state index contributed by atoms with van der Waals surface area (Å²) in [5.41, 5.74) is 3.13. The summed E-state index contributed by atoms with van der Waals surface area (Å²) in [7, 11) is 0. The largest absolute Gasteiger partial charge is 0.386 e. The van der Waals surface area contributed by atoms with Crippen molar-refractivity contribution in [1.29, 1.82) is 0 Å². The highest BCUT2D eigenvalue weighted by atomic mass is 16.3. The first-order valence-corrected chi connectivity index (χ1v) is 7.47. The molecule has 3 rings (SSSR count). The van der Waals surface area contributed by atoms with Crippen LogP contribution in [-0.2, 0) is 19.4 Å². The van der Waals surface area contributed by atoms with Gasteiger partial charge in [0.2, 0.25) is 0 Å². The molecule has 0 aliphatic heterocycles. The van der Waals surface area contributed by atoms with Crippen molar-refractivity contribution in [2.75, 3.05) is 0 Å². The minimum atomic E-state index is -0.565. The SMILES string of the molecule is OC(Cn1cc(CCc2ccccc2)nn1)c1ccccc1. The molecule has 0 aliphatic carbocycles. The molecule has 0 saturated heterocycles. The van der Waals surface area contributed by atoms with Gasteiger partial charge in [-0.3, -0.25) is 0 Å². The zero-order chi connectivity index (χ0) is 15.2. The maximum absolute atomic E-state index is 10.2. The van der Waals surface area contributed by atoms with Crippen LogP contribution in [-0.4, -0.2) is 20.1 Å². The lowest BCUT2D eigenvalue weighted by Crippen LogP contribution is -2.09. The van der Waals surface area contributed by atoms with Gasteiger partial charge < -0.3 is 5.11 Å². The van der Waals surface area contributed by atoms with E-state index in [1.165, 1.54) is 5.56 Å². The summed E-state index contributed by atoms with van der Waals surface area (Å²) >= 11 is 0. The number of aryl methyl sites for hydroxylation is 2. The van der Waals surface area contributed by atoms with Gasteiger partial charge >= 0.3 is 0 Å². The van der Waals surface area contributed by atoms with Gasteiger partial charge in [-0.05, 0) is 24.0 Å². The third-order valence-corrected chi connectivity index (χ3v) is 3.64. The lowest BCUT2D eigenvalue weighted by Gasteiger charge is -2.09. The van der Waals surface area contributed by atoms with Crippen LogP contribution in [0.15, 0.2) is 66.9 Å². The maximum atomic E-state index is 10.2. The molecule has 4 heteroatoms. The van der Waals surface area contributed by atoms with E-state index in [0.29, 0.717) is 6.54 Å². The summed E-state index contributed by atoms with van der Waals surface area (Å²) < 4.78 is 1.71. The number of benzene rings is 2. The molecule has 1 N–H and O–H groups in total. The van der Waals surface area contributed by atoms with Crippen molar-refractivity contribution < 1.29 is 5.11 Å². The second-order valence-electron chi connectivity index (χ2n) is 5.34. The Labute approximate surface area is 130 Å². The molecule has 22 heavy (non-hydrogen) atoms. The molecule has 4 nitrogen and oxygen atoms in total. The van der Waals surface area contributed by atoms with E-state index in [1.807, 2.05) is 54.7 Å². The van der Waals surface area contributed by atoms with Crippen LogP contribution in [0.5, 0.6) is 0 Å². The Morgan fingerprint density at radius 3 is 2.32 bits per heavy atom. The van der Waals surface area contributed by atoms with Gasteiger partial charge in [-0.25, -0.2) is 4.68 Å². The second kappa shape index (κ2) is 7.00. The number of hydrogen-bond acceptors (Lipinski definition) is 3. The maximum Gasteiger partial charge on any atom is 0.0986 e. The molecule has 3 aromatic rings. The molecule has 0 amide bonds. The molecule has 0 saturated carbocycles. The first kappa shape index (κ1) is 14.5. The predicted molar refractivity (Wildman–Crippen MR) is 85.3 cm³/mol. The second-order valence-corrected chi connectivity index (χ2v) is 5.34. The first-order valence-electron chi connectivity index (χ1n) is 7.47. The molecule has 1 unspecified atom stereocenters. The summed E-state index contributed by atoms with van der Waals surface area (Å²) in [6.07, 6.45) is 3.14. The predicted octanol–water partition coefficient (Wildman–Crippen LogP) is 2.80. The quantitative estimate of drug-likeness (QED) is 0.760. The molecular formula is C18H19N3O. The Balaban J connectivity index is 1.57. The summed E-state index contributed by atoms with van der Waals surface area (Å²) in [6.45, 7) is 0.419. The van der Waals surface area contributed by atoms with Crippen molar-refractivity contribution in [3.63, 3.8) is 0 Å². The summed E-state index contributed by atoms with van der Waals surface area (Å²) in [6, 6.07) is 19.9. The zero-order valence-corrected chi connectivity index (χ0v) is 12.3. The topological polar surface area (TPSA) is 50.9 Å². The van der Waals surface area contributed by atoms with Gasteiger partial charge in [0.15, 0.2) is 0 Å². The minimum absolute atomic E-state index is 0.419. The number of aromatic nitrogens is 3. The molecule has 2 aromatic carbocycles. The highest BCUT2D eigenvalue weighted by Gasteiger charge is 2.09. The van der Waals surface area contributed by atoms with E-state index in [-0.39, 0.29) is 0 Å². The third kappa shape index (κ3) is 3.80. The van der Waals surface area contributed by atoms with Crippen LogP contribution in [0.4, 0.5) is 0 Å². The van der Waals surface area contributed by atoms with E-state index in [0.717, 1.165) is 24.1 Å². The summed E-state index contributed by atoms with van der Waals surface area (Å²) in [4.78, 5) is 0. The van der Waals surface area contributed by atoms with E-state index >= 15 is 0 Å². The molecular weight excluding hydrogens is 274 g/mol. The Morgan fingerprint density at radius 2 is 1.59 bits per heavy atom. The van der Waals surface area contributed by atoms with Crippen molar-refractivity contribution in [2.24, 2.45) is 0 Å². The summed E-state index contributed by atoms with van der Waals surface area (Å²) in [5, 5.41) is 18.5. The molecule has 1 atom stereocenters. The molecule has 1 heterocycles. The van der Waals surface area contributed by atoms with Gasteiger partial charge in [-0.2, -0.15) is 0 Å². The fraction of sp³-hybridized carbons (Fsp3) is 0.222. The molecule has 1 aromatic heterocycles. The molecule has 0 spiro atoms. The number of aliphatic hydroxyl groups excluding tert-OH is 1. The van der Waals surface area contributed by atoms with Crippen LogP contribution in [0.3, 0.4) is 0 Å². The fourth-order valence-electron chi connectivity index (χ4n) is 2.42. The monoisotopic (exact) mass is 293 g/mol. The molecule has 112 valence electrons.